The Hall–Kier alpha value is -1.86. The van der Waals surface area contributed by atoms with Crippen molar-refractivity contribution in [2.75, 3.05) is 30.4 Å². The maximum absolute atomic E-state index is 13.5. The highest BCUT2D eigenvalue weighted by molar-refractivity contribution is 6.00. The third-order valence-corrected chi connectivity index (χ3v) is 3.40. The predicted octanol–water partition coefficient (Wildman–Crippen LogP) is 0.692. The number of benzene rings is 1. The fourth-order valence-electron chi connectivity index (χ4n) is 2.31. The fraction of sp³-hybridized carbons (Fsp3) is 0.462. The van der Waals surface area contributed by atoms with Crippen molar-refractivity contribution in [1.29, 1.82) is 0 Å². The summed E-state index contributed by atoms with van der Waals surface area (Å²) in [6, 6.07) is 2.44. The average molecular weight is 284 g/mol. The van der Waals surface area contributed by atoms with Crippen molar-refractivity contribution in [3.05, 3.63) is 23.5 Å². The first-order valence-electron chi connectivity index (χ1n) is 6.26. The van der Waals surface area contributed by atoms with Gasteiger partial charge in [-0.3, -0.25) is 0 Å². The Morgan fingerprint density at radius 1 is 1.60 bits per heavy atom. The molecule has 2 rings (SSSR count). The lowest BCUT2D eigenvalue weighted by molar-refractivity contribution is -0.0104. The number of rotatable bonds is 3. The molecular formula is C13H17FN2O4. The first-order valence-corrected chi connectivity index (χ1v) is 6.26. The molecule has 0 aliphatic carbocycles. The Balaban J connectivity index is 2.45. The van der Waals surface area contributed by atoms with Crippen LogP contribution in [0.25, 0.3) is 0 Å². The van der Waals surface area contributed by atoms with Gasteiger partial charge in [-0.05, 0) is 19.1 Å². The van der Waals surface area contributed by atoms with Crippen molar-refractivity contribution in [1.82, 2.24) is 0 Å². The van der Waals surface area contributed by atoms with Gasteiger partial charge in [0.1, 0.15) is 11.4 Å². The Bertz CT molecular complexity index is 523. The molecule has 1 saturated heterocycles. The maximum Gasteiger partial charge on any atom is 0.340 e. The van der Waals surface area contributed by atoms with E-state index in [0.29, 0.717) is 18.8 Å². The number of aliphatic hydroxyl groups is 1. The lowest BCUT2D eigenvalue weighted by Crippen LogP contribution is -2.50. The van der Waals surface area contributed by atoms with Crippen LogP contribution in [0.15, 0.2) is 12.1 Å². The minimum Gasteiger partial charge on any atom is -0.478 e. The van der Waals surface area contributed by atoms with Crippen molar-refractivity contribution in [2.45, 2.75) is 19.1 Å². The molecule has 110 valence electrons. The van der Waals surface area contributed by atoms with Gasteiger partial charge < -0.3 is 25.6 Å². The zero-order valence-corrected chi connectivity index (χ0v) is 11.0. The maximum atomic E-state index is 13.5. The second-order valence-corrected chi connectivity index (χ2v) is 4.80. The van der Waals surface area contributed by atoms with E-state index in [0.717, 1.165) is 6.07 Å². The first kappa shape index (κ1) is 14.5. The molecule has 2 unspecified atom stereocenters. The van der Waals surface area contributed by atoms with Gasteiger partial charge in [-0.2, -0.15) is 0 Å². The highest BCUT2D eigenvalue weighted by atomic mass is 19.1. The lowest BCUT2D eigenvalue weighted by Gasteiger charge is -2.39. The molecular weight excluding hydrogens is 267 g/mol. The minimum atomic E-state index is -1.28. The summed E-state index contributed by atoms with van der Waals surface area (Å²) in [5.41, 5.74) is 5.24. The van der Waals surface area contributed by atoms with Gasteiger partial charge in [0.15, 0.2) is 0 Å². The normalized spacial score (nSPS) is 22.9. The summed E-state index contributed by atoms with van der Waals surface area (Å²) in [6.45, 7) is 2.37. The third-order valence-electron chi connectivity index (χ3n) is 3.40. The number of halogens is 1. The number of carboxylic acid groups (broad SMARTS) is 1. The molecule has 6 nitrogen and oxygen atoms in total. The average Bonchev–Trinajstić information content (AvgIpc) is 2.42. The van der Waals surface area contributed by atoms with E-state index in [4.69, 9.17) is 15.6 Å². The number of nitrogen functional groups attached to an aromatic ring is 1. The summed E-state index contributed by atoms with van der Waals surface area (Å²) >= 11 is 0. The van der Waals surface area contributed by atoms with E-state index < -0.39 is 17.9 Å². The number of anilines is 2. The summed E-state index contributed by atoms with van der Waals surface area (Å²) in [7, 11) is 0. The molecule has 0 spiro atoms. The van der Waals surface area contributed by atoms with Crippen molar-refractivity contribution in [2.24, 2.45) is 0 Å². The van der Waals surface area contributed by atoms with Gasteiger partial charge in [0.25, 0.3) is 0 Å². The van der Waals surface area contributed by atoms with Crippen LogP contribution in [0.4, 0.5) is 15.8 Å². The van der Waals surface area contributed by atoms with Crippen molar-refractivity contribution >= 4 is 17.3 Å². The predicted molar refractivity (Wildman–Crippen MR) is 71.4 cm³/mol. The van der Waals surface area contributed by atoms with E-state index in [1.165, 1.54) is 6.07 Å². The van der Waals surface area contributed by atoms with Gasteiger partial charge >= 0.3 is 5.97 Å². The summed E-state index contributed by atoms with van der Waals surface area (Å²) < 4.78 is 18.9. The Kier molecular flexibility index (Phi) is 4.10. The molecule has 20 heavy (non-hydrogen) atoms. The lowest BCUT2D eigenvalue weighted by atomic mass is 10.1. The quantitative estimate of drug-likeness (QED) is 0.707. The molecule has 1 fully saturated rings. The summed E-state index contributed by atoms with van der Waals surface area (Å²) in [5.74, 6) is -2.04. The van der Waals surface area contributed by atoms with E-state index >= 15 is 0 Å². The number of nitrogens with two attached hydrogens (primary N) is 1. The van der Waals surface area contributed by atoms with Crippen LogP contribution in [0.5, 0.6) is 0 Å². The number of aromatic carboxylic acids is 1. The molecule has 0 bridgehead atoms. The van der Waals surface area contributed by atoms with Gasteiger partial charge in [-0.15, -0.1) is 0 Å². The minimum absolute atomic E-state index is 0.0965. The van der Waals surface area contributed by atoms with E-state index in [-0.39, 0.29) is 23.9 Å². The van der Waals surface area contributed by atoms with Gasteiger partial charge in [0.05, 0.1) is 30.7 Å². The zero-order chi connectivity index (χ0) is 14.9. The SMILES string of the molecule is CC1COC(CO)CN1c1ccc(F)c(N)c1C(=O)O. The molecule has 0 amide bonds. The van der Waals surface area contributed by atoms with Crippen LogP contribution in [0.2, 0.25) is 0 Å². The Morgan fingerprint density at radius 3 is 2.90 bits per heavy atom. The molecule has 1 aliphatic rings. The van der Waals surface area contributed by atoms with Crippen LogP contribution in [0.3, 0.4) is 0 Å². The molecule has 1 aromatic rings. The number of carboxylic acids is 1. The topological polar surface area (TPSA) is 96.0 Å². The van der Waals surface area contributed by atoms with E-state index in [1.54, 1.807) is 4.90 Å². The monoisotopic (exact) mass is 284 g/mol. The summed E-state index contributed by atoms with van der Waals surface area (Å²) in [4.78, 5) is 13.1. The molecule has 1 heterocycles. The number of hydrogen-bond donors (Lipinski definition) is 3. The smallest absolute Gasteiger partial charge is 0.340 e. The number of morpholine rings is 1. The molecule has 1 aromatic carbocycles. The third kappa shape index (κ3) is 2.54. The Morgan fingerprint density at radius 2 is 2.30 bits per heavy atom. The number of nitrogens with zero attached hydrogens (tertiary/aromatic N) is 1. The number of ether oxygens (including phenoxy) is 1. The second-order valence-electron chi connectivity index (χ2n) is 4.80. The van der Waals surface area contributed by atoms with Crippen molar-refractivity contribution in [3.63, 3.8) is 0 Å². The van der Waals surface area contributed by atoms with Crippen molar-refractivity contribution < 1.29 is 24.1 Å². The van der Waals surface area contributed by atoms with Gasteiger partial charge in [0, 0.05) is 12.6 Å². The van der Waals surface area contributed by atoms with E-state index in [2.05, 4.69) is 0 Å². The van der Waals surface area contributed by atoms with Crippen LogP contribution >= 0.6 is 0 Å². The van der Waals surface area contributed by atoms with Crippen LogP contribution in [0, 0.1) is 5.82 Å². The van der Waals surface area contributed by atoms with Gasteiger partial charge in [0.2, 0.25) is 0 Å². The fourth-order valence-corrected chi connectivity index (χ4v) is 2.31. The standard InChI is InChI=1S/C13H17FN2O4/c1-7-6-20-8(5-17)4-16(7)10-3-2-9(14)12(15)11(10)13(18)19/h2-3,7-8,17H,4-6,15H2,1H3,(H,18,19). The number of hydrogen-bond acceptors (Lipinski definition) is 5. The molecule has 0 saturated carbocycles. The molecule has 1 aliphatic heterocycles. The highest BCUT2D eigenvalue weighted by Crippen LogP contribution is 2.31. The second kappa shape index (κ2) is 5.64. The molecule has 4 N–H and O–H groups in total. The largest absolute Gasteiger partial charge is 0.478 e. The molecule has 0 aromatic heterocycles. The van der Waals surface area contributed by atoms with Gasteiger partial charge in [-0.25, -0.2) is 9.18 Å². The van der Waals surface area contributed by atoms with E-state index in [9.17, 15) is 14.3 Å². The number of aliphatic hydroxyl groups excluding tert-OH is 1. The van der Waals surface area contributed by atoms with Gasteiger partial charge in [-0.1, -0.05) is 0 Å². The number of carbonyl (C=O) groups is 1. The zero-order valence-electron chi connectivity index (χ0n) is 11.0. The van der Waals surface area contributed by atoms with Crippen molar-refractivity contribution in [3.8, 4) is 0 Å². The van der Waals surface area contributed by atoms with E-state index in [1.807, 2.05) is 6.92 Å². The molecule has 0 radical (unpaired) electrons. The molecule has 2 atom stereocenters. The van der Waals surface area contributed by atoms with Crippen LogP contribution in [0.1, 0.15) is 17.3 Å². The Labute approximate surface area is 115 Å². The summed E-state index contributed by atoms with van der Waals surface area (Å²) in [5, 5.41) is 18.4. The van der Waals surface area contributed by atoms with Crippen LogP contribution < -0.4 is 10.6 Å². The first-order chi connectivity index (χ1) is 9.45. The highest BCUT2D eigenvalue weighted by Gasteiger charge is 2.30. The van der Waals surface area contributed by atoms with Crippen LogP contribution in [-0.4, -0.2) is 48.1 Å². The molecule has 7 heteroatoms. The summed E-state index contributed by atoms with van der Waals surface area (Å²) in [6.07, 6.45) is -0.404. The van der Waals surface area contributed by atoms with Crippen LogP contribution in [-0.2, 0) is 4.74 Å².